The highest BCUT2D eigenvalue weighted by atomic mass is 15.2. The molecular weight excluding hydrogens is 184 g/mol. The quantitative estimate of drug-likeness (QED) is 0.615. The van der Waals surface area contributed by atoms with E-state index in [1.807, 2.05) is 0 Å². The molecule has 2 aliphatic carbocycles. The average molecular weight is 198 g/mol. The number of hydrogen-bond acceptors (Lipinski definition) is 2. The van der Waals surface area contributed by atoms with Crippen LogP contribution < -0.4 is 0 Å². The van der Waals surface area contributed by atoms with Gasteiger partial charge >= 0.3 is 0 Å². The minimum atomic E-state index is 0.00736. The molecule has 1 heterocycles. The third kappa shape index (κ3) is 0.993. The molecule has 2 heteroatoms. The van der Waals surface area contributed by atoms with E-state index in [0.29, 0.717) is 0 Å². The van der Waals surface area contributed by atoms with Gasteiger partial charge in [0.25, 0.3) is 0 Å². The molecule has 0 saturated carbocycles. The van der Waals surface area contributed by atoms with E-state index in [9.17, 15) is 0 Å². The third-order valence-electron chi connectivity index (χ3n) is 3.68. The molecule has 2 nitrogen and oxygen atoms in total. The van der Waals surface area contributed by atoms with Crippen molar-refractivity contribution >= 4 is 0 Å². The van der Waals surface area contributed by atoms with Crippen LogP contribution in [0.5, 0.6) is 0 Å². The Balaban J connectivity index is 2.21. The molecule has 2 atom stereocenters. The van der Waals surface area contributed by atoms with E-state index in [0.717, 1.165) is 12.1 Å². The van der Waals surface area contributed by atoms with Gasteiger partial charge in [0.05, 0.1) is 11.1 Å². The fourth-order valence-electron chi connectivity index (χ4n) is 2.46. The molecule has 2 unspecified atom stereocenters. The second-order valence-corrected chi connectivity index (χ2v) is 4.47. The molecule has 0 aromatic heterocycles. The minimum absolute atomic E-state index is 0.00736. The highest BCUT2D eigenvalue weighted by Crippen LogP contribution is 2.51. The first kappa shape index (κ1) is 8.84. The van der Waals surface area contributed by atoms with Gasteiger partial charge in [0.2, 0.25) is 0 Å². The van der Waals surface area contributed by atoms with Crippen molar-refractivity contribution < 1.29 is 0 Å². The minimum Gasteiger partial charge on any atom is -0.180 e. The first-order valence-electron chi connectivity index (χ1n) is 5.47. The van der Waals surface area contributed by atoms with Crippen molar-refractivity contribution in [2.24, 2.45) is 15.6 Å². The molecule has 76 valence electrons. The Morgan fingerprint density at radius 3 is 3.07 bits per heavy atom. The normalized spacial score (nSPS) is 35.9. The number of azo groups is 1. The molecular formula is C13H14N2. The van der Waals surface area contributed by atoms with Crippen molar-refractivity contribution in [3.8, 4) is 0 Å². The van der Waals surface area contributed by atoms with E-state index in [2.05, 4.69) is 54.5 Å². The van der Waals surface area contributed by atoms with Gasteiger partial charge in [0.1, 0.15) is 6.04 Å². The summed E-state index contributed by atoms with van der Waals surface area (Å²) in [5.74, 6) is 0. The summed E-state index contributed by atoms with van der Waals surface area (Å²) in [6.07, 6.45) is 12.0. The summed E-state index contributed by atoms with van der Waals surface area (Å²) >= 11 is 0. The van der Waals surface area contributed by atoms with Crippen molar-refractivity contribution in [3.63, 3.8) is 0 Å². The van der Waals surface area contributed by atoms with Gasteiger partial charge < -0.3 is 0 Å². The second-order valence-electron chi connectivity index (χ2n) is 4.47. The topological polar surface area (TPSA) is 24.7 Å². The van der Waals surface area contributed by atoms with Gasteiger partial charge in [-0.15, -0.1) is 0 Å². The van der Waals surface area contributed by atoms with E-state index < -0.39 is 0 Å². The fourth-order valence-corrected chi connectivity index (χ4v) is 2.46. The Bertz CT molecular complexity index is 463. The molecule has 0 N–H and O–H groups in total. The number of nitrogens with zero attached hydrogens (tertiary/aromatic N) is 2. The summed E-state index contributed by atoms with van der Waals surface area (Å²) in [5, 5.41) is 8.65. The van der Waals surface area contributed by atoms with Gasteiger partial charge in [-0.1, -0.05) is 31.2 Å². The highest BCUT2D eigenvalue weighted by Gasteiger charge is 2.47. The van der Waals surface area contributed by atoms with Gasteiger partial charge in [-0.05, 0) is 30.6 Å². The second kappa shape index (κ2) is 2.78. The standard InChI is InChI=1S/C13H14N2/c1-3-9-4-5-10-6-7-11-13(10,2)12(8-9)15-14-11/h4-8,11H,3H2,1-2H3. The van der Waals surface area contributed by atoms with Crippen LogP contribution in [0.1, 0.15) is 20.3 Å². The van der Waals surface area contributed by atoms with Gasteiger partial charge in [0, 0.05) is 0 Å². The summed E-state index contributed by atoms with van der Waals surface area (Å²) in [6, 6.07) is 0.222. The van der Waals surface area contributed by atoms with Crippen molar-refractivity contribution in [1.82, 2.24) is 0 Å². The molecule has 3 aliphatic rings. The molecule has 0 saturated heterocycles. The van der Waals surface area contributed by atoms with E-state index in [1.54, 1.807) is 0 Å². The van der Waals surface area contributed by atoms with Crippen molar-refractivity contribution in [1.29, 1.82) is 0 Å². The largest absolute Gasteiger partial charge is 0.180 e. The van der Waals surface area contributed by atoms with Crippen LogP contribution in [0.15, 0.2) is 57.5 Å². The van der Waals surface area contributed by atoms with Gasteiger partial charge in [0.15, 0.2) is 0 Å². The lowest BCUT2D eigenvalue weighted by Gasteiger charge is -2.23. The van der Waals surface area contributed by atoms with Crippen molar-refractivity contribution in [2.75, 3.05) is 0 Å². The summed E-state index contributed by atoms with van der Waals surface area (Å²) < 4.78 is 0. The molecule has 0 aromatic rings. The maximum absolute atomic E-state index is 4.32. The Morgan fingerprint density at radius 1 is 1.40 bits per heavy atom. The lowest BCUT2D eigenvalue weighted by atomic mass is 9.78. The maximum Gasteiger partial charge on any atom is 0.105 e. The van der Waals surface area contributed by atoms with Crippen LogP contribution in [0.2, 0.25) is 0 Å². The Morgan fingerprint density at radius 2 is 2.27 bits per heavy atom. The van der Waals surface area contributed by atoms with Gasteiger partial charge in [-0.25, -0.2) is 0 Å². The SMILES string of the molecule is CCC1=CC=C2C=CC3N=NC(=C1)C23C. The molecule has 0 spiro atoms. The molecule has 3 rings (SSSR count). The predicted octanol–water partition coefficient (Wildman–Crippen LogP) is 3.56. The molecule has 0 amide bonds. The lowest BCUT2D eigenvalue weighted by molar-refractivity contribution is 0.493. The number of allylic oxidation sites excluding steroid dienone is 5. The zero-order valence-corrected chi connectivity index (χ0v) is 9.07. The molecule has 1 aliphatic heterocycles. The lowest BCUT2D eigenvalue weighted by Crippen LogP contribution is -2.24. The first-order valence-corrected chi connectivity index (χ1v) is 5.47. The van der Waals surface area contributed by atoms with Crippen LogP contribution in [-0.4, -0.2) is 6.04 Å². The van der Waals surface area contributed by atoms with Crippen LogP contribution in [0.25, 0.3) is 0 Å². The fraction of sp³-hybridized carbons (Fsp3) is 0.385. The number of hydrogen-bond donors (Lipinski definition) is 0. The molecule has 15 heavy (non-hydrogen) atoms. The molecule has 0 aromatic carbocycles. The van der Waals surface area contributed by atoms with E-state index in [4.69, 9.17) is 0 Å². The summed E-state index contributed by atoms with van der Waals surface area (Å²) in [4.78, 5) is 0. The van der Waals surface area contributed by atoms with E-state index in [1.165, 1.54) is 11.1 Å². The average Bonchev–Trinajstić information content (AvgIpc) is 2.66. The third-order valence-corrected chi connectivity index (χ3v) is 3.68. The molecule has 0 fully saturated rings. The van der Waals surface area contributed by atoms with Crippen molar-refractivity contribution in [2.45, 2.75) is 26.3 Å². The predicted molar refractivity (Wildman–Crippen MR) is 60.4 cm³/mol. The highest BCUT2D eigenvalue weighted by molar-refractivity contribution is 5.52. The summed E-state index contributed by atoms with van der Waals surface area (Å²) in [5.41, 5.74) is 3.80. The van der Waals surface area contributed by atoms with Crippen LogP contribution in [-0.2, 0) is 0 Å². The van der Waals surface area contributed by atoms with Crippen LogP contribution in [0, 0.1) is 5.41 Å². The zero-order chi connectivity index (χ0) is 10.5. The van der Waals surface area contributed by atoms with Gasteiger partial charge in [-0.3, -0.25) is 0 Å². The Kier molecular flexibility index (Phi) is 1.64. The molecule has 0 radical (unpaired) electrons. The first-order chi connectivity index (χ1) is 7.25. The summed E-state index contributed by atoms with van der Waals surface area (Å²) in [6.45, 7) is 4.41. The monoisotopic (exact) mass is 198 g/mol. The Labute approximate surface area is 89.8 Å². The van der Waals surface area contributed by atoms with Crippen molar-refractivity contribution in [3.05, 3.63) is 47.2 Å². The van der Waals surface area contributed by atoms with E-state index >= 15 is 0 Å². The Hall–Kier alpha value is -1.44. The maximum atomic E-state index is 4.32. The van der Waals surface area contributed by atoms with Crippen LogP contribution >= 0.6 is 0 Å². The smallest absolute Gasteiger partial charge is 0.105 e. The van der Waals surface area contributed by atoms with Crippen LogP contribution in [0.4, 0.5) is 0 Å². The van der Waals surface area contributed by atoms with Crippen LogP contribution in [0.3, 0.4) is 0 Å². The molecule has 0 bridgehead atoms. The van der Waals surface area contributed by atoms with E-state index in [-0.39, 0.29) is 11.5 Å². The van der Waals surface area contributed by atoms with Gasteiger partial charge in [-0.2, -0.15) is 10.2 Å². The summed E-state index contributed by atoms with van der Waals surface area (Å²) in [7, 11) is 0. The number of rotatable bonds is 1. The zero-order valence-electron chi connectivity index (χ0n) is 9.07.